The van der Waals surface area contributed by atoms with E-state index in [1.807, 2.05) is 38.2 Å². The highest BCUT2D eigenvalue weighted by molar-refractivity contribution is 4.98. The van der Waals surface area contributed by atoms with E-state index >= 15 is 0 Å². The van der Waals surface area contributed by atoms with Gasteiger partial charge in [-0.2, -0.15) is 0 Å². The first-order valence-electron chi connectivity index (χ1n) is 3.55. The molecule has 0 amide bonds. The Morgan fingerprint density at radius 2 is 1.27 bits per heavy atom. The molecule has 0 saturated heterocycles. The Morgan fingerprint density at radius 1 is 0.909 bits per heavy atom. The van der Waals surface area contributed by atoms with E-state index in [0.717, 1.165) is 0 Å². The molecule has 11 heavy (non-hydrogen) atoms. The summed E-state index contributed by atoms with van der Waals surface area (Å²) in [6, 6.07) is 0. The van der Waals surface area contributed by atoms with Gasteiger partial charge in [0.05, 0.1) is 0 Å². The van der Waals surface area contributed by atoms with E-state index in [2.05, 4.69) is 9.47 Å². The molecule has 0 aliphatic rings. The Labute approximate surface area is 69.5 Å². The summed E-state index contributed by atoms with van der Waals surface area (Å²) >= 11 is 0. The van der Waals surface area contributed by atoms with Crippen LogP contribution in [0.2, 0.25) is 0 Å². The topological polar surface area (TPSA) is 18.5 Å². The summed E-state index contributed by atoms with van der Waals surface area (Å²) < 4.78 is 8.94. The first-order valence-corrected chi connectivity index (χ1v) is 3.55. The maximum atomic E-state index is 4.47. The van der Waals surface area contributed by atoms with Gasteiger partial charge in [-0.1, -0.05) is 24.3 Å². The highest BCUT2D eigenvalue weighted by atomic mass is 16.6. The fraction of sp³-hybridized carbons (Fsp3) is 0.556. The lowest BCUT2D eigenvalue weighted by molar-refractivity contribution is -0.00271. The molecule has 0 fully saturated rings. The van der Waals surface area contributed by atoms with Crippen molar-refractivity contribution in [1.29, 1.82) is 0 Å². The van der Waals surface area contributed by atoms with E-state index < -0.39 is 0 Å². The van der Waals surface area contributed by atoms with Crippen LogP contribution in [0, 0.1) is 0 Å². The van der Waals surface area contributed by atoms with Gasteiger partial charge >= 0.3 is 0 Å². The van der Waals surface area contributed by atoms with Crippen molar-refractivity contribution in [2.45, 2.75) is 13.8 Å². The molecule has 0 N–H and O–H groups in total. The second-order valence-corrected chi connectivity index (χ2v) is 1.75. The van der Waals surface area contributed by atoms with Crippen molar-refractivity contribution in [3.63, 3.8) is 0 Å². The summed E-state index contributed by atoms with van der Waals surface area (Å²) in [6.07, 6.45) is 8.00. The first-order chi connectivity index (χ1) is 5.33. The van der Waals surface area contributed by atoms with Crippen LogP contribution >= 0.6 is 0 Å². The number of ether oxygens (including phenoxy) is 2. The van der Waals surface area contributed by atoms with Crippen LogP contribution in [0.5, 0.6) is 0 Å². The molecule has 2 heteroatoms. The van der Waals surface area contributed by atoms with Crippen molar-refractivity contribution in [2.24, 2.45) is 0 Å². The van der Waals surface area contributed by atoms with Gasteiger partial charge in [-0.05, 0) is 13.8 Å². The van der Waals surface area contributed by atoms with Gasteiger partial charge in [0.2, 0.25) is 0 Å². The smallest absolute Gasteiger partial charge is 0.145 e. The number of methoxy groups -OCH3 is 2. The maximum absolute atomic E-state index is 4.47. The van der Waals surface area contributed by atoms with Gasteiger partial charge in [-0.15, -0.1) is 0 Å². The largest absolute Gasteiger partial charge is 0.359 e. The lowest BCUT2D eigenvalue weighted by Crippen LogP contribution is -1.87. The van der Waals surface area contributed by atoms with Gasteiger partial charge in [-0.25, -0.2) is 0 Å². The first kappa shape index (κ1) is 13.0. The molecule has 0 atom stereocenters. The van der Waals surface area contributed by atoms with Crippen molar-refractivity contribution in [2.75, 3.05) is 21.0 Å². The SMILES string of the molecule is C/C=C\C=C/C.COCOC. The van der Waals surface area contributed by atoms with Gasteiger partial charge in [0.25, 0.3) is 0 Å². The van der Waals surface area contributed by atoms with Gasteiger partial charge in [0.15, 0.2) is 0 Å². The van der Waals surface area contributed by atoms with Crippen LogP contribution in [-0.2, 0) is 9.47 Å². The van der Waals surface area contributed by atoms with Crippen LogP contribution in [-0.4, -0.2) is 21.0 Å². The minimum atomic E-state index is 0.389. The van der Waals surface area contributed by atoms with Gasteiger partial charge in [0, 0.05) is 14.2 Å². The maximum Gasteiger partial charge on any atom is 0.145 e. The summed E-state index contributed by atoms with van der Waals surface area (Å²) in [5, 5.41) is 0. The average molecular weight is 158 g/mol. The molecule has 0 aromatic rings. The van der Waals surface area contributed by atoms with Crippen LogP contribution < -0.4 is 0 Å². The third-order valence-corrected chi connectivity index (χ3v) is 0.732. The van der Waals surface area contributed by atoms with E-state index in [0.29, 0.717) is 6.79 Å². The van der Waals surface area contributed by atoms with Gasteiger partial charge < -0.3 is 9.47 Å². The molecule has 66 valence electrons. The van der Waals surface area contributed by atoms with Crippen molar-refractivity contribution in [3.8, 4) is 0 Å². The third kappa shape index (κ3) is 26.6. The Hall–Kier alpha value is -0.600. The molecule has 0 heterocycles. The zero-order chi connectivity index (χ0) is 8.95. The van der Waals surface area contributed by atoms with E-state index in [4.69, 9.17) is 0 Å². The number of allylic oxidation sites excluding steroid dienone is 4. The molecule has 0 aliphatic carbocycles. The zero-order valence-electron chi connectivity index (χ0n) is 7.83. The fourth-order valence-electron chi connectivity index (χ4n) is 0.340. The van der Waals surface area contributed by atoms with Crippen LogP contribution in [0.25, 0.3) is 0 Å². The highest BCUT2D eigenvalue weighted by Gasteiger charge is 1.63. The predicted octanol–water partition coefficient (Wildman–Crippen LogP) is 2.38. The molecular formula is C9H18O2. The molecule has 0 unspecified atom stereocenters. The minimum absolute atomic E-state index is 0.389. The van der Waals surface area contributed by atoms with Gasteiger partial charge in [0.1, 0.15) is 6.79 Å². The number of rotatable bonds is 3. The Morgan fingerprint density at radius 3 is 1.36 bits per heavy atom. The summed E-state index contributed by atoms with van der Waals surface area (Å²) in [5.74, 6) is 0. The van der Waals surface area contributed by atoms with Crippen molar-refractivity contribution < 1.29 is 9.47 Å². The quantitative estimate of drug-likeness (QED) is 0.463. The standard InChI is InChI=1S/C6H10.C3H8O2/c1-3-5-6-4-2;1-4-3-5-2/h3-6H,1-2H3;3H2,1-2H3/b5-3-,6-4-;. The van der Waals surface area contributed by atoms with E-state index in [1.54, 1.807) is 14.2 Å². The molecule has 0 aromatic heterocycles. The minimum Gasteiger partial charge on any atom is -0.359 e. The van der Waals surface area contributed by atoms with Crippen molar-refractivity contribution in [3.05, 3.63) is 24.3 Å². The van der Waals surface area contributed by atoms with E-state index in [1.165, 1.54) is 0 Å². The Bertz CT molecular complexity index is 83.7. The van der Waals surface area contributed by atoms with Crippen LogP contribution in [0.1, 0.15) is 13.8 Å². The Kier molecular flexibility index (Phi) is 19.2. The lowest BCUT2D eigenvalue weighted by Gasteiger charge is -1.87. The monoisotopic (exact) mass is 158 g/mol. The second kappa shape index (κ2) is 16.2. The summed E-state index contributed by atoms with van der Waals surface area (Å²) in [6.45, 7) is 4.39. The Balaban J connectivity index is 0. The zero-order valence-corrected chi connectivity index (χ0v) is 7.83. The molecule has 0 aliphatic heterocycles. The molecule has 0 bridgehead atoms. The number of hydrogen-bond acceptors (Lipinski definition) is 2. The number of hydrogen-bond donors (Lipinski definition) is 0. The van der Waals surface area contributed by atoms with Crippen LogP contribution in [0.3, 0.4) is 0 Å². The lowest BCUT2D eigenvalue weighted by atomic mass is 10.5. The molecule has 0 saturated carbocycles. The predicted molar refractivity (Wildman–Crippen MR) is 48.5 cm³/mol. The molecule has 0 spiro atoms. The summed E-state index contributed by atoms with van der Waals surface area (Å²) in [7, 11) is 3.17. The van der Waals surface area contributed by atoms with Crippen LogP contribution in [0.15, 0.2) is 24.3 Å². The van der Waals surface area contributed by atoms with Crippen LogP contribution in [0.4, 0.5) is 0 Å². The molecule has 0 radical (unpaired) electrons. The molecular weight excluding hydrogens is 140 g/mol. The van der Waals surface area contributed by atoms with Crippen molar-refractivity contribution >= 4 is 0 Å². The highest BCUT2D eigenvalue weighted by Crippen LogP contribution is 1.71. The second-order valence-electron chi connectivity index (χ2n) is 1.75. The average Bonchev–Trinajstić information content (AvgIpc) is 2.04. The molecule has 2 nitrogen and oxygen atoms in total. The van der Waals surface area contributed by atoms with Gasteiger partial charge in [-0.3, -0.25) is 0 Å². The van der Waals surface area contributed by atoms with E-state index in [-0.39, 0.29) is 0 Å². The molecule has 0 aromatic carbocycles. The summed E-state index contributed by atoms with van der Waals surface area (Å²) in [5.41, 5.74) is 0. The normalized spacial score (nSPS) is 10.2. The fourth-order valence-corrected chi connectivity index (χ4v) is 0.340. The van der Waals surface area contributed by atoms with E-state index in [9.17, 15) is 0 Å². The van der Waals surface area contributed by atoms with Crippen molar-refractivity contribution in [1.82, 2.24) is 0 Å². The summed E-state index contributed by atoms with van der Waals surface area (Å²) in [4.78, 5) is 0. The third-order valence-electron chi connectivity index (χ3n) is 0.732. The molecule has 0 rings (SSSR count).